The zero-order valence-electron chi connectivity index (χ0n) is 15.8. The minimum absolute atomic E-state index is 0.0157. The summed E-state index contributed by atoms with van der Waals surface area (Å²) in [6.45, 7) is 0. The molecule has 2 aromatic heterocycles. The summed E-state index contributed by atoms with van der Waals surface area (Å²) >= 11 is 0. The van der Waals surface area contributed by atoms with E-state index in [4.69, 9.17) is 10.5 Å². The lowest BCUT2D eigenvalue weighted by molar-refractivity contribution is 0.00132. The predicted octanol–water partition coefficient (Wildman–Crippen LogP) is 2.46. The minimum atomic E-state index is -0.852. The Balaban J connectivity index is 1.49. The van der Waals surface area contributed by atoms with Crippen LogP contribution < -0.4 is 5.73 Å². The van der Waals surface area contributed by atoms with Gasteiger partial charge in [0.2, 0.25) is 0 Å². The molecule has 4 rings (SSSR count). The number of aliphatic hydroxyl groups is 2. The summed E-state index contributed by atoms with van der Waals surface area (Å²) in [5, 5.41) is 22.1. The summed E-state index contributed by atoms with van der Waals surface area (Å²) in [4.78, 5) is 8.33. The molecule has 0 bridgehead atoms. The van der Waals surface area contributed by atoms with Crippen LogP contribution in [0.2, 0.25) is 0 Å². The molecule has 1 saturated carbocycles. The Labute approximate surface area is 163 Å². The number of rotatable bonds is 6. The van der Waals surface area contributed by atoms with Gasteiger partial charge in [0, 0.05) is 13.3 Å². The van der Waals surface area contributed by atoms with Crippen molar-refractivity contribution in [3.05, 3.63) is 54.5 Å². The molecule has 0 amide bonds. The molecule has 7 nitrogen and oxygen atoms in total. The molecule has 28 heavy (non-hydrogen) atoms. The second kappa shape index (κ2) is 7.87. The first-order valence-electron chi connectivity index (χ1n) is 9.61. The summed E-state index contributed by atoms with van der Waals surface area (Å²) in [6.07, 6.45) is 3.84. The smallest absolute Gasteiger partial charge is 0.145 e. The fourth-order valence-electron chi connectivity index (χ4n) is 4.37. The molecule has 4 N–H and O–H groups in total. The molecule has 0 spiro atoms. The third-order valence-electron chi connectivity index (χ3n) is 5.92. The molecule has 1 aromatic carbocycles. The average Bonchev–Trinajstić information content (AvgIpc) is 3.26. The van der Waals surface area contributed by atoms with Gasteiger partial charge in [-0.25, -0.2) is 9.97 Å². The fourth-order valence-corrected chi connectivity index (χ4v) is 4.37. The van der Waals surface area contributed by atoms with E-state index in [1.807, 2.05) is 47.2 Å². The van der Waals surface area contributed by atoms with Crippen molar-refractivity contribution in [1.29, 1.82) is 0 Å². The van der Waals surface area contributed by atoms with E-state index in [1.54, 1.807) is 7.11 Å². The summed E-state index contributed by atoms with van der Waals surface area (Å²) in [5.41, 5.74) is 7.73. The van der Waals surface area contributed by atoms with Gasteiger partial charge in [-0.1, -0.05) is 30.3 Å². The first kappa shape index (κ1) is 18.9. The van der Waals surface area contributed by atoms with Gasteiger partial charge in [0.25, 0.3) is 0 Å². The van der Waals surface area contributed by atoms with Gasteiger partial charge in [-0.3, -0.25) is 0 Å². The molecular formula is C21H26N4O3. The van der Waals surface area contributed by atoms with Crippen LogP contribution >= 0.6 is 0 Å². The lowest BCUT2D eigenvalue weighted by atomic mass is 9.94. The van der Waals surface area contributed by atoms with Crippen molar-refractivity contribution in [2.24, 2.45) is 5.92 Å². The van der Waals surface area contributed by atoms with E-state index in [-0.39, 0.29) is 18.1 Å². The number of benzene rings is 1. The van der Waals surface area contributed by atoms with Gasteiger partial charge in [-0.05, 0) is 36.8 Å². The quantitative estimate of drug-likeness (QED) is 0.605. The van der Waals surface area contributed by atoms with Crippen molar-refractivity contribution < 1.29 is 14.9 Å². The highest BCUT2D eigenvalue weighted by atomic mass is 16.5. The molecule has 1 unspecified atom stereocenters. The maximum atomic E-state index is 10.7. The van der Waals surface area contributed by atoms with E-state index in [9.17, 15) is 10.2 Å². The Bertz CT molecular complexity index is 930. The third kappa shape index (κ3) is 3.37. The molecule has 5 atom stereocenters. The second-order valence-corrected chi connectivity index (χ2v) is 7.48. The van der Waals surface area contributed by atoms with Crippen LogP contribution in [0.25, 0.3) is 11.0 Å². The number of ether oxygens (including phenoxy) is 1. The van der Waals surface area contributed by atoms with Crippen LogP contribution in [-0.4, -0.2) is 44.1 Å². The number of aliphatic hydroxyl groups excluding tert-OH is 2. The van der Waals surface area contributed by atoms with Crippen molar-refractivity contribution in [2.45, 2.75) is 43.6 Å². The van der Waals surface area contributed by atoms with Crippen molar-refractivity contribution in [3.8, 4) is 0 Å². The van der Waals surface area contributed by atoms with Crippen molar-refractivity contribution in [2.75, 3.05) is 12.8 Å². The molecule has 148 valence electrons. The van der Waals surface area contributed by atoms with Crippen LogP contribution in [-0.2, 0) is 4.74 Å². The van der Waals surface area contributed by atoms with Crippen molar-refractivity contribution in [3.63, 3.8) is 0 Å². The van der Waals surface area contributed by atoms with E-state index in [0.717, 1.165) is 23.8 Å². The van der Waals surface area contributed by atoms with Crippen LogP contribution in [0.5, 0.6) is 0 Å². The van der Waals surface area contributed by atoms with Crippen molar-refractivity contribution in [1.82, 2.24) is 14.5 Å². The molecule has 0 radical (unpaired) electrons. The van der Waals surface area contributed by atoms with Crippen LogP contribution in [0.1, 0.15) is 37.0 Å². The van der Waals surface area contributed by atoms with Crippen molar-refractivity contribution >= 4 is 16.9 Å². The molecule has 2 heterocycles. The van der Waals surface area contributed by atoms with Crippen LogP contribution in [0.4, 0.5) is 5.82 Å². The second-order valence-electron chi connectivity index (χ2n) is 7.48. The number of anilines is 1. The maximum Gasteiger partial charge on any atom is 0.145 e. The number of fused-ring (bicyclic) bond motifs is 1. The molecule has 3 aromatic rings. The first-order chi connectivity index (χ1) is 13.6. The SMILES string of the molecule is COC(CC[C@H]1C[C@@H](n2ccc3c(N)ncnc32)[C@H](O)[C@@H]1O)c1ccccc1. The number of methoxy groups -OCH3 is 1. The monoisotopic (exact) mass is 382 g/mol. The van der Waals surface area contributed by atoms with E-state index in [2.05, 4.69) is 9.97 Å². The number of hydrogen-bond acceptors (Lipinski definition) is 6. The Hall–Kier alpha value is -2.48. The minimum Gasteiger partial charge on any atom is -0.390 e. The van der Waals surface area contributed by atoms with Gasteiger partial charge in [0.05, 0.1) is 23.6 Å². The van der Waals surface area contributed by atoms with E-state index >= 15 is 0 Å². The fraction of sp³-hybridized carbons (Fsp3) is 0.429. The molecular weight excluding hydrogens is 356 g/mol. The lowest BCUT2D eigenvalue weighted by Crippen LogP contribution is -2.29. The number of aromatic nitrogens is 3. The van der Waals surface area contributed by atoms with Gasteiger partial charge >= 0.3 is 0 Å². The molecule has 0 saturated heterocycles. The zero-order valence-corrected chi connectivity index (χ0v) is 15.8. The zero-order chi connectivity index (χ0) is 19.7. The Kier molecular flexibility index (Phi) is 5.30. The summed E-state index contributed by atoms with van der Waals surface area (Å²) in [7, 11) is 1.70. The lowest BCUT2D eigenvalue weighted by Gasteiger charge is -2.20. The highest BCUT2D eigenvalue weighted by molar-refractivity contribution is 5.86. The average molecular weight is 382 g/mol. The molecule has 0 aliphatic heterocycles. The number of nitrogens with two attached hydrogens (primary N) is 1. The highest BCUT2D eigenvalue weighted by Crippen LogP contribution is 2.40. The Morgan fingerprint density at radius 2 is 1.96 bits per heavy atom. The molecule has 1 fully saturated rings. The summed E-state index contributed by atoms with van der Waals surface area (Å²) in [5.74, 6) is 0.400. The van der Waals surface area contributed by atoms with E-state index < -0.39 is 12.2 Å². The van der Waals surface area contributed by atoms with Gasteiger partial charge in [-0.15, -0.1) is 0 Å². The number of nitrogen functional groups attached to an aromatic ring is 1. The molecule has 7 heteroatoms. The third-order valence-corrected chi connectivity index (χ3v) is 5.92. The standard InChI is InChI=1S/C21H26N4O3/c1-28-17(13-5-3-2-4-6-13)8-7-14-11-16(19(27)18(14)26)25-10-9-15-20(22)23-12-24-21(15)25/h2-6,9-10,12,14,16-19,26-27H,7-8,11H2,1H3,(H2,22,23,24)/t14-,16+,17?,18+,19-/m0/s1. The maximum absolute atomic E-state index is 10.7. The largest absolute Gasteiger partial charge is 0.390 e. The predicted molar refractivity (Wildman–Crippen MR) is 107 cm³/mol. The molecule has 1 aliphatic carbocycles. The van der Waals surface area contributed by atoms with E-state index in [0.29, 0.717) is 17.9 Å². The Morgan fingerprint density at radius 1 is 1.18 bits per heavy atom. The highest BCUT2D eigenvalue weighted by Gasteiger charge is 2.42. The van der Waals surface area contributed by atoms with Crippen LogP contribution in [0, 0.1) is 5.92 Å². The topological polar surface area (TPSA) is 106 Å². The molecule has 1 aliphatic rings. The van der Waals surface area contributed by atoms with Crippen LogP contribution in [0.3, 0.4) is 0 Å². The van der Waals surface area contributed by atoms with Gasteiger partial charge in [-0.2, -0.15) is 0 Å². The summed E-state index contributed by atoms with van der Waals surface area (Å²) < 4.78 is 7.56. The number of nitrogens with zero attached hydrogens (tertiary/aromatic N) is 3. The van der Waals surface area contributed by atoms with Crippen LogP contribution in [0.15, 0.2) is 48.9 Å². The van der Waals surface area contributed by atoms with E-state index in [1.165, 1.54) is 6.33 Å². The number of hydrogen-bond donors (Lipinski definition) is 3. The normalized spacial score (nSPS) is 26.0. The van der Waals surface area contributed by atoms with Gasteiger partial charge in [0.15, 0.2) is 0 Å². The van der Waals surface area contributed by atoms with Gasteiger partial charge in [0.1, 0.15) is 23.9 Å². The Morgan fingerprint density at radius 3 is 2.71 bits per heavy atom. The summed E-state index contributed by atoms with van der Waals surface area (Å²) in [6, 6.07) is 11.7. The first-order valence-corrected chi connectivity index (χ1v) is 9.61. The van der Waals surface area contributed by atoms with Gasteiger partial charge < -0.3 is 25.3 Å².